The Morgan fingerprint density at radius 1 is 0.725 bits per heavy atom. The summed E-state index contributed by atoms with van der Waals surface area (Å²) in [5.74, 6) is 1.62. The first kappa shape index (κ1) is 77.7. The van der Waals surface area contributed by atoms with Crippen LogP contribution in [-0.4, -0.2) is 72.1 Å². The zero-order valence-corrected chi connectivity index (χ0v) is 62.3. The molecule has 91 heavy (non-hydrogen) atoms. The summed E-state index contributed by atoms with van der Waals surface area (Å²) in [4.78, 5) is 0.187. The summed E-state index contributed by atoms with van der Waals surface area (Å²) in [7, 11) is 6.08. The van der Waals surface area contributed by atoms with Crippen LogP contribution in [0.2, 0.25) is 0 Å². The summed E-state index contributed by atoms with van der Waals surface area (Å²) in [6.45, 7) is 19.7. The van der Waals surface area contributed by atoms with Crippen molar-refractivity contribution in [1.82, 2.24) is 5.32 Å². The van der Waals surface area contributed by atoms with Crippen LogP contribution in [0.15, 0.2) is 193 Å². The van der Waals surface area contributed by atoms with Gasteiger partial charge in [0.2, 0.25) is 0 Å². The number of hydrogen-bond acceptors (Lipinski definition) is 8. The van der Waals surface area contributed by atoms with Crippen molar-refractivity contribution in [2.75, 3.05) is 46.9 Å². The number of aliphatic hydroxyl groups excluding tert-OH is 1. The molecule has 2 aliphatic carbocycles. The van der Waals surface area contributed by atoms with Gasteiger partial charge in [-0.1, -0.05) is 176 Å². The Balaban J connectivity index is 0.000000247. The monoisotopic (exact) mass is 1500 g/mol. The summed E-state index contributed by atoms with van der Waals surface area (Å²) >= 11 is 3.64. The number of ether oxygens (including phenoxy) is 2. The van der Waals surface area contributed by atoms with Crippen molar-refractivity contribution >= 4 is 50.6 Å². The summed E-state index contributed by atoms with van der Waals surface area (Å²) in [6, 6.07) is 63.9. The molecule has 0 saturated carbocycles. The van der Waals surface area contributed by atoms with Gasteiger partial charge >= 0.3 is 54.0 Å². The molecule has 9 nitrogen and oxygen atoms in total. The van der Waals surface area contributed by atoms with Gasteiger partial charge in [-0.05, 0) is 135 Å². The summed E-state index contributed by atoms with van der Waals surface area (Å²) in [5, 5.41) is 14.5. The fourth-order valence-corrected chi connectivity index (χ4v) is 16.4. The average Bonchev–Trinajstić information content (AvgIpc) is 0.890. The molecular formula is C75H95Cl2N4O5P2Ru2S+5. The molecule has 8 aromatic carbocycles. The third-order valence-electron chi connectivity index (χ3n) is 17.2. The second kappa shape index (κ2) is 39.1. The third kappa shape index (κ3) is 21.2. The fourth-order valence-electron chi connectivity index (χ4n) is 12.2. The first-order valence-corrected chi connectivity index (χ1v) is 41.8. The number of halogens is 2. The number of nitrogens with one attached hydrogen (secondary N) is 1. The quantitative estimate of drug-likeness (QED) is 0.0240. The van der Waals surface area contributed by atoms with Gasteiger partial charge in [0, 0.05) is 62.9 Å². The number of benzene rings is 8. The molecule has 0 amide bonds. The van der Waals surface area contributed by atoms with E-state index in [2.05, 4.69) is 144 Å². The van der Waals surface area contributed by atoms with E-state index in [-0.39, 0.29) is 44.9 Å². The topological polar surface area (TPSA) is 151 Å². The van der Waals surface area contributed by atoms with Crippen LogP contribution < -0.4 is 26.8 Å². The molecule has 8 aromatic rings. The van der Waals surface area contributed by atoms with Crippen molar-refractivity contribution in [1.29, 1.82) is 0 Å². The minimum absolute atomic E-state index is 0. The number of nitrogens with zero attached hydrogens (tertiary/aromatic N) is 1. The predicted molar refractivity (Wildman–Crippen MR) is 382 cm³/mol. The maximum atomic E-state index is 13.4. The molecule has 0 aromatic heterocycles. The zero-order chi connectivity index (χ0) is 65.4. The summed E-state index contributed by atoms with van der Waals surface area (Å²) in [6.07, 6.45) is 8.05. The van der Waals surface area contributed by atoms with Crippen molar-refractivity contribution in [3.63, 3.8) is 0 Å². The summed E-state index contributed by atoms with van der Waals surface area (Å²) in [5.41, 5.74) is 29.4. The van der Waals surface area contributed by atoms with Crippen LogP contribution in [-0.2, 0) is 87.4 Å². The van der Waals surface area contributed by atoms with Crippen LogP contribution in [0.1, 0.15) is 123 Å². The van der Waals surface area contributed by atoms with Gasteiger partial charge in [-0.25, -0.2) is 8.42 Å². The standard InChI is InChI=1S/C31H33N2O3S.C24H32P2.C19H25N2O2.CH3.2ClH.2Ru/c1-24-13-17-26(18-14-24)23-36-22-21-32-30(27-9-5-3-6-10-27)31(28-11-7-4-8-12-28)33-37(34,35)29-19-15-25(2)16-20-29;1-25(2)21-15-13-17-9-5-7-11-19(17)23(21)24-20-12-8-6-10-18(20)14-16-22(24)26(3)4;1-13(2)18(20)19(21,15-6-4-14(12-22)5-7-15)16-8-10-17(23-3)11-9-16;;;;;/h3-20,30-32H,21-23H2,1-2H3;5,7,9,11,14,16,21,23H,6,8,10,12-13,15H2,1-4H3;4-6,8-11,13,18,22H,12,20-21H2,1-3H3;1H3;2*1H;;/q-1;;2*-1;;;2*+4/t30-,31-;21-,23+;18-,19?;;;;;/m111...../s1. The number of nitrogens with two attached hydrogens (primary N) is 2. The molecule has 0 saturated heterocycles. The predicted octanol–water partition coefficient (Wildman–Crippen LogP) is 16.2. The molecule has 10 rings (SSSR count). The molecule has 6 atom stereocenters. The van der Waals surface area contributed by atoms with E-state index < -0.39 is 29.5 Å². The normalized spacial score (nSPS) is 15.7. The number of hydrogen-bond donors (Lipinski definition) is 4. The van der Waals surface area contributed by atoms with Crippen molar-refractivity contribution in [2.24, 2.45) is 17.4 Å². The van der Waals surface area contributed by atoms with Gasteiger partial charge in [-0.15, -0.1) is 11.1 Å². The number of fused-ring (bicyclic) bond motifs is 2. The SMILES string of the molecule is COc1ccc(C(N)(c2[c-]cc(CO)cc2)[C@H](N)C(C)C)cc1.C[PH+](C)c1ccc2c(c1[C@H]1c3ccccc3CC[C@H]1[PH+](C)C)CCCC2.Cc1ccc(COCCN[C@H](c2ccccc2)[C@H]([N-]S(=O)(=O)c2ccc(C)cc2)c2ccccc2)cc1.[CH3-].[Cl][Ru+3].[Cl][Ru+3]. The number of sulfonamides is 1. The zero-order valence-electron chi connectivity index (χ0n) is 54.5. The Kier molecular flexibility index (Phi) is 33.4. The number of aryl methyl sites for hydroxylation is 4. The number of rotatable bonds is 21. The van der Waals surface area contributed by atoms with E-state index in [1.807, 2.05) is 139 Å². The Morgan fingerprint density at radius 3 is 1.88 bits per heavy atom. The maximum absolute atomic E-state index is 13.4. The van der Waals surface area contributed by atoms with Gasteiger partial charge in [0.1, 0.15) is 15.8 Å². The molecule has 0 spiro atoms. The molecule has 0 fully saturated rings. The van der Waals surface area contributed by atoms with Crippen LogP contribution in [0, 0.1) is 33.3 Å². The van der Waals surface area contributed by atoms with Gasteiger partial charge in [-0.2, -0.15) is 24.3 Å². The van der Waals surface area contributed by atoms with E-state index in [1.165, 1.54) is 44.1 Å². The third-order valence-corrected chi connectivity index (χ3v) is 22.2. The first-order chi connectivity index (χ1) is 43.4. The van der Waals surface area contributed by atoms with E-state index in [0.29, 0.717) is 25.7 Å². The van der Waals surface area contributed by atoms with Crippen molar-refractivity contribution < 1.29 is 57.6 Å². The van der Waals surface area contributed by atoms with Crippen LogP contribution in [0.3, 0.4) is 0 Å². The molecule has 0 bridgehead atoms. The van der Waals surface area contributed by atoms with Crippen LogP contribution >= 0.6 is 35.2 Å². The van der Waals surface area contributed by atoms with Crippen molar-refractivity contribution in [3.05, 3.63) is 279 Å². The van der Waals surface area contributed by atoms with Crippen LogP contribution in [0.4, 0.5) is 0 Å². The van der Waals surface area contributed by atoms with Gasteiger partial charge in [0.05, 0.1) is 50.2 Å². The van der Waals surface area contributed by atoms with Gasteiger partial charge in [0.25, 0.3) is 0 Å². The molecule has 6 N–H and O–H groups in total. The van der Waals surface area contributed by atoms with E-state index in [9.17, 15) is 13.5 Å². The molecule has 0 radical (unpaired) electrons. The van der Waals surface area contributed by atoms with E-state index >= 15 is 0 Å². The molecule has 16 heteroatoms. The Morgan fingerprint density at radius 2 is 1.31 bits per heavy atom. The number of aliphatic hydroxyl groups is 1. The Bertz CT molecular complexity index is 3460. The van der Waals surface area contributed by atoms with Gasteiger partial charge in [-0.3, -0.25) is 0 Å². The fraction of sp³-hybridized carbons (Fsp3) is 0.347. The molecular weight excluding hydrogens is 1400 g/mol. The van der Waals surface area contributed by atoms with Crippen molar-refractivity contribution in [3.8, 4) is 5.75 Å². The minimum atomic E-state index is -3.90. The van der Waals surface area contributed by atoms with Gasteiger partial charge < -0.3 is 43.5 Å². The first-order valence-electron chi connectivity index (χ1n) is 30.8. The average molecular weight is 1500 g/mol. The molecule has 486 valence electrons. The Labute approximate surface area is 577 Å². The molecule has 0 heterocycles. The van der Waals surface area contributed by atoms with Gasteiger partial charge in [0.15, 0.2) is 0 Å². The number of methoxy groups -OCH3 is 1. The van der Waals surface area contributed by atoms with Crippen LogP contribution in [0.25, 0.3) is 4.72 Å². The van der Waals surface area contributed by atoms with Crippen molar-refractivity contribution in [2.45, 2.75) is 120 Å². The molecule has 0 aliphatic heterocycles. The van der Waals surface area contributed by atoms with E-state index in [4.69, 9.17) is 20.9 Å². The molecule has 1 unspecified atom stereocenters. The molecule has 2 aliphatic rings. The van der Waals surface area contributed by atoms with E-state index in [0.717, 1.165) is 50.4 Å². The second-order valence-corrected chi connectivity index (χ2v) is 31.1. The summed E-state index contributed by atoms with van der Waals surface area (Å²) < 4.78 is 42.4. The second-order valence-electron chi connectivity index (χ2n) is 24.0. The Hall–Kier alpha value is -4.04. The van der Waals surface area contributed by atoms with E-state index in [1.54, 1.807) is 70.6 Å². The van der Waals surface area contributed by atoms with Crippen LogP contribution in [0.5, 0.6) is 5.75 Å².